The van der Waals surface area contributed by atoms with E-state index in [2.05, 4.69) is 4.98 Å². The molecule has 1 amide bonds. The summed E-state index contributed by atoms with van der Waals surface area (Å²) in [4.78, 5) is 44.7. The smallest absolute Gasteiger partial charge is 0.415 e. The number of benzene rings is 3. The number of esters is 2. The van der Waals surface area contributed by atoms with Crippen LogP contribution < -0.4 is 9.64 Å². The summed E-state index contributed by atoms with van der Waals surface area (Å²) in [5.41, 5.74) is 0.523. The van der Waals surface area contributed by atoms with Crippen molar-refractivity contribution in [3.05, 3.63) is 95.6 Å². The molecule has 4 aromatic rings. The zero-order valence-corrected chi connectivity index (χ0v) is 23.2. The van der Waals surface area contributed by atoms with Crippen molar-refractivity contribution in [1.29, 1.82) is 0 Å². The van der Waals surface area contributed by atoms with Crippen LogP contribution in [0.2, 0.25) is 0 Å². The molecule has 12 heteroatoms. The summed E-state index contributed by atoms with van der Waals surface area (Å²) in [7, 11) is 0. The van der Waals surface area contributed by atoms with Gasteiger partial charge in [0.05, 0.1) is 18.8 Å². The van der Waals surface area contributed by atoms with Gasteiger partial charge in [-0.25, -0.2) is 28.1 Å². The summed E-state index contributed by atoms with van der Waals surface area (Å²) in [5, 5.41) is -0.303. The summed E-state index contributed by atoms with van der Waals surface area (Å²) in [5.74, 6) is -5.11. The number of hydrogen-bond donors (Lipinski definition) is 0. The lowest BCUT2D eigenvalue weighted by Gasteiger charge is -2.22. The fourth-order valence-electron chi connectivity index (χ4n) is 3.88. The second-order valence-corrected chi connectivity index (χ2v) is 9.68. The number of anilines is 1. The SMILES string of the molecule is CCOC(=O)c1c(SCCF)nc2cc(F)c(F)cc2c1OC(=O)CN(C(=O)OCc1ccccc1)c1ccccc1. The molecule has 0 saturated carbocycles. The van der Waals surface area contributed by atoms with Crippen LogP contribution in [0.3, 0.4) is 0 Å². The molecule has 0 saturated heterocycles. The molecule has 1 heterocycles. The predicted octanol–water partition coefficient (Wildman–Crippen LogP) is 6.50. The minimum absolute atomic E-state index is 0.0652. The molecule has 0 fully saturated rings. The van der Waals surface area contributed by atoms with Gasteiger partial charge in [0.1, 0.15) is 23.7 Å². The number of carbonyl (C=O) groups excluding carboxylic acids is 3. The highest BCUT2D eigenvalue weighted by Gasteiger charge is 2.29. The van der Waals surface area contributed by atoms with E-state index >= 15 is 0 Å². The second-order valence-electron chi connectivity index (χ2n) is 8.60. The zero-order valence-electron chi connectivity index (χ0n) is 22.3. The number of amides is 1. The molecule has 0 atom stereocenters. The maximum Gasteiger partial charge on any atom is 0.415 e. The maximum absolute atomic E-state index is 14.3. The van der Waals surface area contributed by atoms with Crippen molar-refractivity contribution >= 4 is 46.4 Å². The molecule has 218 valence electrons. The van der Waals surface area contributed by atoms with Crippen LogP contribution >= 0.6 is 11.8 Å². The Kier molecular flexibility index (Phi) is 10.4. The van der Waals surface area contributed by atoms with Crippen LogP contribution in [0.25, 0.3) is 10.9 Å². The molecule has 0 unspecified atom stereocenters. The van der Waals surface area contributed by atoms with Crippen molar-refractivity contribution < 1.29 is 41.8 Å². The lowest BCUT2D eigenvalue weighted by molar-refractivity contribution is -0.132. The van der Waals surface area contributed by atoms with Crippen molar-refractivity contribution in [2.45, 2.75) is 18.6 Å². The largest absolute Gasteiger partial charge is 0.462 e. The number of rotatable bonds is 11. The van der Waals surface area contributed by atoms with Crippen molar-refractivity contribution in [2.24, 2.45) is 0 Å². The van der Waals surface area contributed by atoms with Crippen molar-refractivity contribution in [3.8, 4) is 5.75 Å². The number of hydrogen-bond acceptors (Lipinski definition) is 8. The first-order valence-corrected chi connectivity index (χ1v) is 13.7. The Balaban J connectivity index is 1.71. The van der Waals surface area contributed by atoms with E-state index in [1.54, 1.807) is 61.5 Å². The molecule has 1 aromatic heterocycles. The highest BCUT2D eigenvalue weighted by Crippen LogP contribution is 2.37. The number of para-hydroxylation sites is 1. The van der Waals surface area contributed by atoms with Crippen molar-refractivity contribution in [2.75, 3.05) is 30.5 Å². The van der Waals surface area contributed by atoms with E-state index in [1.807, 2.05) is 6.07 Å². The van der Waals surface area contributed by atoms with Crippen LogP contribution in [0, 0.1) is 11.6 Å². The first-order chi connectivity index (χ1) is 20.3. The Morgan fingerprint density at radius 3 is 2.26 bits per heavy atom. The van der Waals surface area contributed by atoms with Crippen LogP contribution in [0.15, 0.2) is 77.8 Å². The molecular formula is C30H25F3N2O6S. The van der Waals surface area contributed by atoms with Gasteiger partial charge in [0.2, 0.25) is 0 Å². The summed E-state index contributed by atoms with van der Waals surface area (Å²) >= 11 is 0.809. The quantitative estimate of drug-likeness (QED) is 0.143. The van der Waals surface area contributed by atoms with Crippen LogP contribution in [-0.4, -0.2) is 48.6 Å². The lowest BCUT2D eigenvalue weighted by atomic mass is 10.1. The third-order valence-electron chi connectivity index (χ3n) is 5.74. The molecule has 3 aromatic carbocycles. The minimum Gasteiger partial charge on any atom is -0.462 e. The Labute approximate surface area is 243 Å². The van der Waals surface area contributed by atoms with E-state index < -0.39 is 48.6 Å². The van der Waals surface area contributed by atoms with E-state index in [-0.39, 0.29) is 40.5 Å². The molecule has 0 spiro atoms. The maximum atomic E-state index is 14.3. The third kappa shape index (κ3) is 7.38. The van der Waals surface area contributed by atoms with Gasteiger partial charge in [0, 0.05) is 22.9 Å². The Bertz CT molecular complexity index is 1570. The van der Waals surface area contributed by atoms with Crippen LogP contribution in [0.1, 0.15) is 22.8 Å². The van der Waals surface area contributed by atoms with Gasteiger partial charge in [-0.2, -0.15) is 0 Å². The fraction of sp³-hybridized carbons (Fsp3) is 0.200. The standard InChI is InChI=1S/C30H25F3N2O6S/c1-2-39-29(37)26-27(21-15-22(32)23(33)16-24(21)34-28(26)42-14-13-31)41-25(36)17-35(20-11-7-4-8-12-20)30(38)40-18-19-9-5-3-6-10-19/h3-12,15-16H,2,13-14,17-18H2,1H3. The molecular weight excluding hydrogens is 573 g/mol. The summed E-state index contributed by atoms with van der Waals surface area (Å²) < 4.78 is 57.6. The molecule has 4 rings (SSSR count). The number of ether oxygens (including phenoxy) is 3. The van der Waals surface area contributed by atoms with Crippen LogP contribution in [0.5, 0.6) is 5.75 Å². The predicted molar refractivity (Wildman–Crippen MR) is 150 cm³/mol. The molecule has 0 aliphatic heterocycles. The molecule has 0 bridgehead atoms. The first-order valence-electron chi connectivity index (χ1n) is 12.7. The third-order valence-corrected chi connectivity index (χ3v) is 6.67. The molecule has 42 heavy (non-hydrogen) atoms. The zero-order chi connectivity index (χ0) is 30.1. The number of aromatic nitrogens is 1. The van der Waals surface area contributed by atoms with E-state index in [1.165, 1.54) is 0 Å². The highest BCUT2D eigenvalue weighted by atomic mass is 32.2. The Morgan fingerprint density at radius 1 is 0.929 bits per heavy atom. The van der Waals surface area contributed by atoms with Gasteiger partial charge in [0.15, 0.2) is 17.4 Å². The molecule has 0 N–H and O–H groups in total. The van der Waals surface area contributed by atoms with E-state index in [4.69, 9.17) is 14.2 Å². The van der Waals surface area contributed by atoms with Gasteiger partial charge in [-0.1, -0.05) is 48.5 Å². The molecule has 0 aliphatic rings. The lowest BCUT2D eigenvalue weighted by Crippen LogP contribution is -2.38. The highest BCUT2D eigenvalue weighted by molar-refractivity contribution is 7.99. The Hall–Kier alpha value is -4.58. The summed E-state index contributed by atoms with van der Waals surface area (Å²) in [6, 6.07) is 18.6. The van der Waals surface area contributed by atoms with Gasteiger partial charge in [-0.05, 0) is 30.7 Å². The first kappa shape index (κ1) is 30.4. The van der Waals surface area contributed by atoms with Gasteiger partial charge in [-0.15, -0.1) is 11.8 Å². The monoisotopic (exact) mass is 598 g/mol. The minimum atomic E-state index is -1.28. The van der Waals surface area contributed by atoms with E-state index in [0.29, 0.717) is 5.69 Å². The van der Waals surface area contributed by atoms with Crippen LogP contribution in [-0.2, 0) is 20.9 Å². The number of carbonyl (C=O) groups is 3. The molecule has 8 nitrogen and oxygen atoms in total. The Morgan fingerprint density at radius 2 is 1.60 bits per heavy atom. The summed E-state index contributed by atoms with van der Waals surface area (Å²) in [6.07, 6.45) is -0.862. The fourth-order valence-corrected chi connectivity index (χ4v) is 4.63. The molecule has 0 radical (unpaired) electrons. The number of halogens is 3. The van der Waals surface area contributed by atoms with Crippen molar-refractivity contribution in [1.82, 2.24) is 4.98 Å². The van der Waals surface area contributed by atoms with Gasteiger partial charge >= 0.3 is 18.0 Å². The topological polar surface area (TPSA) is 95.0 Å². The summed E-state index contributed by atoms with van der Waals surface area (Å²) in [6.45, 7) is -0.0539. The van der Waals surface area contributed by atoms with E-state index in [0.717, 1.165) is 34.4 Å². The van der Waals surface area contributed by atoms with Crippen molar-refractivity contribution in [3.63, 3.8) is 0 Å². The van der Waals surface area contributed by atoms with E-state index in [9.17, 15) is 27.6 Å². The number of fused-ring (bicyclic) bond motifs is 1. The normalized spacial score (nSPS) is 10.8. The van der Waals surface area contributed by atoms with Gasteiger partial charge in [-0.3, -0.25) is 9.29 Å². The average Bonchev–Trinajstić information content (AvgIpc) is 2.99. The van der Waals surface area contributed by atoms with Gasteiger partial charge in [0.25, 0.3) is 0 Å². The van der Waals surface area contributed by atoms with Gasteiger partial charge < -0.3 is 14.2 Å². The number of pyridine rings is 1. The average molecular weight is 599 g/mol. The number of thioether (sulfide) groups is 1. The number of alkyl halides is 1. The molecule has 0 aliphatic carbocycles. The number of nitrogens with zero attached hydrogens (tertiary/aromatic N) is 2. The van der Waals surface area contributed by atoms with Crippen LogP contribution in [0.4, 0.5) is 23.7 Å². The second kappa shape index (κ2) is 14.4.